The molecule has 1 N–H and O–H groups in total. The summed E-state index contributed by atoms with van der Waals surface area (Å²) in [6, 6.07) is 14.7. The summed E-state index contributed by atoms with van der Waals surface area (Å²) in [5.74, 6) is -0.577. The molecule has 0 atom stereocenters. The van der Waals surface area contributed by atoms with E-state index in [1.807, 2.05) is 31.2 Å². The second kappa shape index (κ2) is 7.86. The van der Waals surface area contributed by atoms with Crippen molar-refractivity contribution in [2.45, 2.75) is 20.8 Å². The number of carbonyl (C=O) groups is 2. The Kier molecular flexibility index (Phi) is 5.35. The first-order valence-corrected chi connectivity index (χ1v) is 8.69. The number of hydrogen-bond donors (Lipinski definition) is 1. The summed E-state index contributed by atoms with van der Waals surface area (Å²) < 4.78 is 6.68. The normalized spacial score (nSPS) is 10.5. The van der Waals surface area contributed by atoms with E-state index in [-0.39, 0.29) is 5.91 Å². The SMILES string of the molecule is CCOC(=O)c1cnn(-c2ccc(C(=O)Nc3cccc(C)c3)cc2)c1C. The Bertz CT molecular complexity index is 975. The molecule has 27 heavy (non-hydrogen) atoms. The van der Waals surface area contributed by atoms with Crippen LogP contribution >= 0.6 is 0 Å². The Morgan fingerprint density at radius 1 is 1.11 bits per heavy atom. The molecule has 0 spiro atoms. The maximum atomic E-state index is 12.4. The van der Waals surface area contributed by atoms with Gasteiger partial charge in [-0.25, -0.2) is 9.48 Å². The van der Waals surface area contributed by atoms with Crippen LogP contribution in [-0.2, 0) is 4.74 Å². The first-order valence-electron chi connectivity index (χ1n) is 8.69. The number of rotatable bonds is 5. The number of anilines is 1. The van der Waals surface area contributed by atoms with E-state index in [1.165, 1.54) is 6.20 Å². The predicted octanol–water partition coefficient (Wildman–Crippen LogP) is 3.92. The predicted molar refractivity (Wildman–Crippen MR) is 103 cm³/mol. The van der Waals surface area contributed by atoms with E-state index >= 15 is 0 Å². The van der Waals surface area contributed by atoms with Crippen LogP contribution in [0.3, 0.4) is 0 Å². The molecule has 0 saturated heterocycles. The van der Waals surface area contributed by atoms with Gasteiger partial charge in [0.25, 0.3) is 5.91 Å². The maximum Gasteiger partial charge on any atom is 0.341 e. The third-order valence-corrected chi connectivity index (χ3v) is 4.16. The lowest BCUT2D eigenvalue weighted by Crippen LogP contribution is -2.12. The van der Waals surface area contributed by atoms with Crippen LogP contribution in [0.1, 0.15) is 38.9 Å². The molecule has 0 unspecified atom stereocenters. The molecular weight excluding hydrogens is 342 g/mol. The van der Waals surface area contributed by atoms with Crippen LogP contribution < -0.4 is 5.32 Å². The molecule has 1 amide bonds. The number of aromatic nitrogens is 2. The van der Waals surface area contributed by atoms with E-state index in [0.29, 0.717) is 23.4 Å². The van der Waals surface area contributed by atoms with Gasteiger partial charge in [-0.05, 0) is 62.7 Å². The lowest BCUT2D eigenvalue weighted by atomic mass is 10.1. The minimum Gasteiger partial charge on any atom is -0.462 e. The van der Waals surface area contributed by atoms with Gasteiger partial charge in [0, 0.05) is 11.3 Å². The number of carbonyl (C=O) groups excluding carboxylic acids is 2. The fourth-order valence-electron chi connectivity index (χ4n) is 2.76. The molecule has 138 valence electrons. The standard InChI is InChI=1S/C21H21N3O3/c1-4-27-21(26)19-13-22-24(15(19)3)18-10-8-16(9-11-18)20(25)23-17-7-5-6-14(2)12-17/h5-13H,4H2,1-3H3,(H,23,25). The monoisotopic (exact) mass is 363 g/mol. The van der Waals surface area contributed by atoms with Gasteiger partial charge in [-0.1, -0.05) is 12.1 Å². The Morgan fingerprint density at radius 2 is 1.85 bits per heavy atom. The Morgan fingerprint density at radius 3 is 2.52 bits per heavy atom. The van der Waals surface area contributed by atoms with E-state index in [0.717, 1.165) is 16.9 Å². The molecule has 0 radical (unpaired) electrons. The second-order valence-electron chi connectivity index (χ2n) is 6.15. The van der Waals surface area contributed by atoms with Crippen LogP contribution in [0.5, 0.6) is 0 Å². The molecular formula is C21H21N3O3. The number of hydrogen-bond acceptors (Lipinski definition) is 4. The lowest BCUT2D eigenvalue weighted by Gasteiger charge is -2.08. The zero-order chi connectivity index (χ0) is 19.4. The van der Waals surface area contributed by atoms with E-state index in [2.05, 4.69) is 10.4 Å². The third kappa shape index (κ3) is 4.06. The number of esters is 1. The number of ether oxygens (including phenoxy) is 1. The van der Waals surface area contributed by atoms with E-state index < -0.39 is 5.97 Å². The van der Waals surface area contributed by atoms with Crippen LogP contribution in [-0.4, -0.2) is 28.3 Å². The van der Waals surface area contributed by atoms with E-state index in [9.17, 15) is 9.59 Å². The van der Waals surface area contributed by atoms with Crippen molar-refractivity contribution >= 4 is 17.6 Å². The highest BCUT2D eigenvalue weighted by Gasteiger charge is 2.16. The van der Waals surface area contributed by atoms with Crippen molar-refractivity contribution in [1.82, 2.24) is 9.78 Å². The molecule has 0 fully saturated rings. The summed E-state index contributed by atoms with van der Waals surface area (Å²) in [5.41, 5.74) is 4.25. The Labute approximate surface area is 157 Å². The van der Waals surface area contributed by atoms with Crippen LogP contribution in [0.4, 0.5) is 5.69 Å². The van der Waals surface area contributed by atoms with Crippen LogP contribution in [0.25, 0.3) is 5.69 Å². The molecule has 3 rings (SSSR count). The second-order valence-corrected chi connectivity index (χ2v) is 6.15. The number of amides is 1. The van der Waals surface area contributed by atoms with Gasteiger partial charge in [0.2, 0.25) is 0 Å². The van der Waals surface area contributed by atoms with Gasteiger partial charge in [0.1, 0.15) is 5.56 Å². The van der Waals surface area contributed by atoms with Gasteiger partial charge < -0.3 is 10.1 Å². The van der Waals surface area contributed by atoms with Crippen molar-refractivity contribution < 1.29 is 14.3 Å². The minimum atomic E-state index is -0.393. The molecule has 3 aromatic rings. The summed E-state index contributed by atoms with van der Waals surface area (Å²) in [4.78, 5) is 24.3. The summed E-state index contributed by atoms with van der Waals surface area (Å²) in [5, 5.41) is 7.14. The Hall–Kier alpha value is -3.41. The minimum absolute atomic E-state index is 0.184. The summed E-state index contributed by atoms with van der Waals surface area (Å²) in [6.45, 7) is 5.85. The lowest BCUT2D eigenvalue weighted by molar-refractivity contribution is 0.0525. The molecule has 2 aromatic carbocycles. The molecule has 0 aliphatic heterocycles. The van der Waals surface area contributed by atoms with Crippen LogP contribution in [0, 0.1) is 13.8 Å². The van der Waals surface area contributed by atoms with Crippen LogP contribution in [0.2, 0.25) is 0 Å². The number of nitrogens with zero attached hydrogens (tertiary/aromatic N) is 2. The quantitative estimate of drug-likeness (QED) is 0.698. The highest BCUT2D eigenvalue weighted by atomic mass is 16.5. The van der Waals surface area contributed by atoms with Crippen molar-refractivity contribution in [3.05, 3.63) is 77.1 Å². The number of benzene rings is 2. The van der Waals surface area contributed by atoms with Crippen molar-refractivity contribution in [3.8, 4) is 5.69 Å². The van der Waals surface area contributed by atoms with Gasteiger partial charge in [0.15, 0.2) is 0 Å². The molecule has 0 aliphatic carbocycles. The number of nitrogens with one attached hydrogen (secondary N) is 1. The average molecular weight is 363 g/mol. The Balaban J connectivity index is 1.77. The zero-order valence-corrected chi connectivity index (χ0v) is 15.5. The third-order valence-electron chi connectivity index (χ3n) is 4.16. The van der Waals surface area contributed by atoms with Gasteiger partial charge in [-0.2, -0.15) is 5.10 Å². The molecule has 6 heteroatoms. The van der Waals surface area contributed by atoms with E-state index in [4.69, 9.17) is 4.74 Å². The number of aryl methyl sites for hydroxylation is 1. The smallest absolute Gasteiger partial charge is 0.341 e. The molecule has 0 aliphatic rings. The van der Waals surface area contributed by atoms with Crippen LogP contribution in [0.15, 0.2) is 54.7 Å². The zero-order valence-electron chi connectivity index (χ0n) is 15.5. The summed E-state index contributed by atoms with van der Waals surface area (Å²) >= 11 is 0. The highest BCUT2D eigenvalue weighted by Crippen LogP contribution is 2.17. The van der Waals surface area contributed by atoms with Crippen molar-refractivity contribution in [2.24, 2.45) is 0 Å². The highest BCUT2D eigenvalue weighted by molar-refractivity contribution is 6.04. The maximum absolute atomic E-state index is 12.4. The summed E-state index contributed by atoms with van der Waals surface area (Å²) in [7, 11) is 0. The van der Waals surface area contributed by atoms with Crippen molar-refractivity contribution in [1.29, 1.82) is 0 Å². The molecule has 0 bridgehead atoms. The van der Waals surface area contributed by atoms with E-state index in [1.54, 1.807) is 42.8 Å². The molecule has 1 aromatic heterocycles. The largest absolute Gasteiger partial charge is 0.462 e. The fraction of sp³-hybridized carbons (Fsp3) is 0.190. The van der Waals surface area contributed by atoms with Crippen molar-refractivity contribution in [2.75, 3.05) is 11.9 Å². The average Bonchev–Trinajstić information content (AvgIpc) is 3.03. The fourth-order valence-corrected chi connectivity index (χ4v) is 2.76. The van der Waals surface area contributed by atoms with Gasteiger partial charge in [-0.15, -0.1) is 0 Å². The van der Waals surface area contributed by atoms with Gasteiger partial charge in [0.05, 0.1) is 24.2 Å². The summed E-state index contributed by atoms with van der Waals surface area (Å²) in [6.07, 6.45) is 1.49. The van der Waals surface area contributed by atoms with Gasteiger partial charge >= 0.3 is 5.97 Å². The molecule has 6 nitrogen and oxygen atoms in total. The first-order chi connectivity index (χ1) is 13.0. The molecule has 0 saturated carbocycles. The van der Waals surface area contributed by atoms with Crippen molar-refractivity contribution in [3.63, 3.8) is 0 Å². The van der Waals surface area contributed by atoms with Gasteiger partial charge in [-0.3, -0.25) is 4.79 Å². The first kappa shape index (κ1) is 18.4. The molecule has 1 heterocycles. The topological polar surface area (TPSA) is 73.2 Å².